The van der Waals surface area contributed by atoms with E-state index < -0.39 is 0 Å². The molecule has 0 aliphatic carbocycles. The normalized spacial score (nSPS) is 20.3. The molecule has 0 aromatic carbocycles. The van der Waals surface area contributed by atoms with Gasteiger partial charge < -0.3 is 16.0 Å². The van der Waals surface area contributed by atoms with E-state index in [1.165, 1.54) is 10.4 Å². The molecule has 2 heterocycles. The monoisotopic (exact) mass is 267 g/mol. The zero-order valence-corrected chi connectivity index (χ0v) is 12.0. The third-order valence-corrected chi connectivity index (χ3v) is 4.36. The molecule has 0 saturated carbocycles. The third kappa shape index (κ3) is 3.03. The van der Waals surface area contributed by atoms with Gasteiger partial charge in [-0.2, -0.15) is 0 Å². The second-order valence-corrected chi connectivity index (χ2v) is 6.60. The van der Waals surface area contributed by atoms with Crippen LogP contribution in [0.5, 0.6) is 0 Å². The maximum atomic E-state index is 11.9. The van der Waals surface area contributed by atoms with Crippen molar-refractivity contribution in [1.29, 1.82) is 0 Å². The number of nitrogens with zero attached hydrogens (tertiary/aromatic N) is 1. The molecule has 0 bridgehead atoms. The Morgan fingerprint density at radius 3 is 2.89 bits per heavy atom. The molecule has 1 aliphatic heterocycles. The highest BCUT2D eigenvalue weighted by Crippen LogP contribution is 2.28. The van der Waals surface area contributed by atoms with Gasteiger partial charge in [0.25, 0.3) is 0 Å². The topological polar surface area (TPSA) is 58.4 Å². The Morgan fingerprint density at radius 2 is 2.33 bits per heavy atom. The van der Waals surface area contributed by atoms with E-state index in [1.807, 2.05) is 18.7 Å². The first-order chi connectivity index (χ1) is 8.37. The van der Waals surface area contributed by atoms with Crippen LogP contribution >= 0.6 is 11.3 Å². The molecule has 0 radical (unpaired) electrons. The summed E-state index contributed by atoms with van der Waals surface area (Å²) in [7, 11) is 0. The van der Waals surface area contributed by atoms with E-state index in [4.69, 9.17) is 5.73 Å². The number of amides is 2. The zero-order chi connectivity index (χ0) is 13.3. The first-order valence-corrected chi connectivity index (χ1v) is 7.13. The Labute approximate surface area is 112 Å². The van der Waals surface area contributed by atoms with Gasteiger partial charge in [0, 0.05) is 23.5 Å². The van der Waals surface area contributed by atoms with Crippen LogP contribution in [0.4, 0.5) is 4.79 Å². The third-order valence-electron chi connectivity index (χ3n) is 3.23. The summed E-state index contributed by atoms with van der Waals surface area (Å²) in [5, 5.41) is 5.11. The molecule has 2 rings (SSSR count). The second kappa shape index (κ2) is 4.90. The number of thiophene rings is 1. The predicted octanol–water partition coefficient (Wildman–Crippen LogP) is 2.25. The maximum absolute atomic E-state index is 11.9. The lowest BCUT2D eigenvalue weighted by Gasteiger charge is -2.22. The van der Waals surface area contributed by atoms with Gasteiger partial charge in [0.2, 0.25) is 0 Å². The van der Waals surface area contributed by atoms with E-state index in [0.29, 0.717) is 0 Å². The number of hydrogen-bond donors (Lipinski definition) is 2. The van der Waals surface area contributed by atoms with Crippen LogP contribution in [-0.4, -0.2) is 29.6 Å². The Kier molecular flexibility index (Phi) is 3.64. The van der Waals surface area contributed by atoms with Crippen molar-refractivity contribution in [2.45, 2.75) is 38.8 Å². The van der Waals surface area contributed by atoms with E-state index in [0.717, 1.165) is 19.5 Å². The number of rotatable bonds is 4. The SMILES string of the molecule is Cc1ccsc1C1CN(CCC(C)(C)N)C(=O)N1. The smallest absolute Gasteiger partial charge is 0.318 e. The van der Waals surface area contributed by atoms with Gasteiger partial charge in [-0.15, -0.1) is 11.3 Å². The van der Waals surface area contributed by atoms with Crippen LogP contribution in [-0.2, 0) is 0 Å². The molecule has 1 aromatic heterocycles. The van der Waals surface area contributed by atoms with Crippen LogP contribution < -0.4 is 11.1 Å². The fraction of sp³-hybridized carbons (Fsp3) is 0.615. The number of nitrogens with two attached hydrogens (primary N) is 1. The Bertz CT molecular complexity index is 436. The molecule has 2 amide bonds. The highest BCUT2D eigenvalue weighted by atomic mass is 32.1. The lowest BCUT2D eigenvalue weighted by atomic mass is 10.0. The molecule has 100 valence electrons. The largest absolute Gasteiger partial charge is 0.329 e. The van der Waals surface area contributed by atoms with Crippen LogP contribution in [0, 0.1) is 6.92 Å². The quantitative estimate of drug-likeness (QED) is 0.879. The van der Waals surface area contributed by atoms with Crippen molar-refractivity contribution < 1.29 is 4.79 Å². The summed E-state index contributed by atoms with van der Waals surface area (Å²) in [5.74, 6) is 0. The minimum Gasteiger partial charge on any atom is -0.329 e. The molecule has 1 fully saturated rings. The van der Waals surface area contributed by atoms with E-state index in [-0.39, 0.29) is 17.6 Å². The first kappa shape index (κ1) is 13.4. The molecule has 4 nitrogen and oxygen atoms in total. The standard InChI is InChI=1S/C13H21N3OS/c1-9-4-7-18-11(9)10-8-16(12(17)15-10)6-5-13(2,3)14/h4,7,10H,5-6,8,14H2,1-3H3,(H,15,17). The number of nitrogens with one attached hydrogen (secondary N) is 1. The van der Waals surface area contributed by atoms with Crippen molar-refractivity contribution in [1.82, 2.24) is 10.2 Å². The number of carbonyl (C=O) groups excluding carboxylic acids is 1. The summed E-state index contributed by atoms with van der Waals surface area (Å²) in [5.41, 5.74) is 6.99. The number of aryl methyl sites for hydroxylation is 1. The lowest BCUT2D eigenvalue weighted by molar-refractivity contribution is 0.213. The summed E-state index contributed by atoms with van der Waals surface area (Å²) < 4.78 is 0. The molecule has 1 unspecified atom stereocenters. The van der Waals surface area contributed by atoms with Crippen LogP contribution in [0.15, 0.2) is 11.4 Å². The minimum absolute atomic E-state index is 0.0250. The molecule has 3 N–H and O–H groups in total. The van der Waals surface area contributed by atoms with Gasteiger partial charge in [-0.1, -0.05) is 0 Å². The molecule has 1 aromatic rings. The average Bonchev–Trinajstić information content (AvgIpc) is 2.81. The van der Waals surface area contributed by atoms with Gasteiger partial charge in [-0.25, -0.2) is 4.79 Å². The molecular formula is C13H21N3OS. The maximum Gasteiger partial charge on any atom is 0.318 e. The van der Waals surface area contributed by atoms with Crippen molar-refractivity contribution in [2.75, 3.05) is 13.1 Å². The van der Waals surface area contributed by atoms with E-state index in [9.17, 15) is 4.79 Å². The second-order valence-electron chi connectivity index (χ2n) is 5.65. The lowest BCUT2D eigenvalue weighted by Crippen LogP contribution is -2.38. The summed E-state index contributed by atoms with van der Waals surface area (Å²) in [6.07, 6.45) is 0.816. The van der Waals surface area contributed by atoms with Crippen molar-refractivity contribution in [3.8, 4) is 0 Å². The molecule has 1 atom stereocenters. The van der Waals surface area contributed by atoms with Crippen LogP contribution in [0.25, 0.3) is 0 Å². The Balaban J connectivity index is 1.97. The van der Waals surface area contributed by atoms with Gasteiger partial charge >= 0.3 is 6.03 Å². The van der Waals surface area contributed by atoms with E-state index >= 15 is 0 Å². The van der Waals surface area contributed by atoms with Gasteiger partial charge in [0.05, 0.1) is 6.04 Å². The highest BCUT2D eigenvalue weighted by molar-refractivity contribution is 7.10. The number of carbonyl (C=O) groups is 1. The zero-order valence-electron chi connectivity index (χ0n) is 11.2. The summed E-state index contributed by atoms with van der Waals surface area (Å²) in [6, 6.07) is 2.26. The van der Waals surface area contributed by atoms with Crippen molar-refractivity contribution in [2.24, 2.45) is 5.73 Å². The molecule has 1 saturated heterocycles. The minimum atomic E-state index is -0.225. The summed E-state index contributed by atoms with van der Waals surface area (Å²) in [6.45, 7) is 7.53. The average molecular weight is 267 g/mol. The highest BCUT2D eigenvalue weighted by Gasteiger charge is 2.31. The van der Waals surface area contributed by atoms with Crippen molar-refractivity contribution >= 4 is 17.4 Å². The summed E-state index contributed by atoms with van der Waals surface area (Å²) in [4.78, 5) is 15.0. The Morgan fingerprint density at radius 1 is 1.61 bits per heavy atom. The summed E-state index contributed by atoms with van der Waals surface area (Å²) >= 11 is 1.71. The van der Waals surface area contributed by atoms with Crippen LogP contribution in [0.3, 0.4) is 0 Å². The van der Waals surface area contributed by atoms with Gasteiger partial charge in [0.15, 0.2) is 0 Å². The number of urea groups is 1. The molecular weight excluding hydrogens is 246 g/mol. The fourth-order valence-electron chi connectivity index (χ4n) is 2.10. The molecule has 1 aliphatic rings. The Hall–Kier alpha value is -1.07. The van der Waals surface area contributed by atoms with Gasteiger partial charge in [-0.05, 0) is 44.2 Å². The predicted molar refractivity (Wildman–Crippen MR) is 74.8 cm³/mol. The van der Waals surface area contributed by atoms with Gasteiger partial charge in [0.1, 0.15) is 0 Å². The molecule has 5 heteroatoms. The fourth-order valence-corrected chi connectivity index (χ4v) is 3.07. The number of hydrogen-bond acceptors (Lipinski definition) is 3. The van der Waals surface area contributed by atoms with E-state index in [2.05, 4.69) is 23.7 Å². The van der Waals surface area contributed by atoms with Crippen LogP contribution in [0.1, 0.15) is 36.8 Å². The molecule has 18 heavy (non-hydrogen) atoms. The van der Waals surface area contributed by atoms with Crippen molar-refractivity contribution in [3.05, 3.63) is 21.9 Å². The first-order valence-electron chi connectivity index (χ1n) is 6.25. The van der Waals surface area contributed by atoms with Crippen LogP contribution in [0.2, 0.25) is 0 Å². The van der Waals surface area contributed by atoms with Crippen molar-refractivity contribution in [3.63, 3.8) is 0 Å². The van der Waals surface area contributed by atoms with Gasteiger partial charge in [-0.3, -0.25) is 0 Å². The van der Waals surface area contributed by atoms with E-state index in [1.54, 1.807) is 11.3 Å². The molecule has 0 spiro atoms.